The molecule has 0 aromatic carbocycles. The fraction of sp³-hybridized carbons (Fsp3) is 0.714. The molecule has 0 spiro atoms. The minimum Gasteiger partial charge on any atom is -0.444 e. The first-order chi connectivity index (χ1) is 9.28. The summed E-state index contributed by atoms with van der Waals surface area (Å²) in [5.74, 6) is 1.05. The first-order valence-electron chi connectivity index (χ1n) is 6.94. The molecule has 1 rings (SSSR count). The predicted octanol–water partition coefficient (Wildman–Crippen LogP) is 1.47. The lowest BCUT2D eigenvalue weighted by Gasteiger charge is -2.21. The zero-order valence-corrected chi connectivity index (χ0v) is 13.1. The Bertz CT molecular complexity index is 423. The normalized spacial score (nSPS) is 13.1. The van der Waals surface area contributed by atoms with Gasteiger partial charge in [-0.3, -0.25) is 0 Å². The van der Waals surface area contributed by atoms with Crippen molar-refractivity contribution in [2.45, 2.75) is 45.8 Å². The van der Waals surface area contributed by atoms with Gasteiger partial charge in [-0.2, -0.15) is 0 Å². The molecule has 0 radical (unpaired) electrons. The number of imidazole rings is 1. The molecule has 6 heteroatoms. The summed E-state index contributed by atoms with van der Waals surface area (Å²) in [5.41, 5.74) is -0.459. The second kappa shape index (κ2) is 7.28. The molecular weight excluding hydrogens is 256 g/mol. The third-order valence-corrected chi connectivity index (χ3v) is 2.71. The number of carbonyl (C=O) groups excluding carboxylic acids is 1. The highest BCUT2D eigenvalue weighted by atomic mass is 16.6. The van der Waals surface area contributed by atoms with Gasteiger partial charge in [-0.15, -0.1) is 0 Å². The van der Waals surface area contributed by atoms with Gasteiger partial charge in [0.05, 0.1) is 0 Å². The summed E-state index contributed by atoms with van der Waals surface area (Å²) in [6, 6.07) is 0.183. The lowest BCUT2D eigenvalue weighted by molar-refractivity contribution is 0.0523. The minimum atomic E-state index is -0.459. The van der Waals surface area contributed by atoms with Gasteiger partial charge in [-0.25, -0.2) is 9.78 Å². The number of rotatable bonds is 6. The summed E-state index contributed by atoms with van der Waals surface area (Å²) >= 11 is 0. The van der Waals surface area contributed by atoms with E-state index in [0.717, 1.165) is 18.8 Å². The van der Waals surface area contributed by atoms with Gasteiger partial charge in [0, 0.05) is 45.0 Å². The number of alkyl carbamates (subject to hydrolysis) is 1. The van der Waals surface area contributed by atoms with Gasteiger partial charge >= 0.3 is 6.09 Å². The maximum atomic E-state index is 11.5. The summed E-state index contributed by atoms with van der Waals surface area (Å²) in [4.78, 5) is 15.8. The van der Waals surface area contributed by atoms with E-state index in [-0.39, 0.29) is 12.1 Å². The van der Waals surface area contributed by atoms with E-state index in [9.17, 15) is 4.79 Å². The number of aryl methyl sites for hydroxylation is 1. The Kier molecular flexibility index (Phi) is 6.01. The van der Waals surface area contributed by atoms with Crippen LogP contribution in [-0.4, -0.2) is 40.4 Å². The Morgan fingerprint density at radius 2 is 2.20 bits per heavy atom. The maximum absolute atomic E-state index is 11.5. The molecule has 0 aliphatic carbocycles. The van der Waals surface area contributed by atoms with Crippen LogP contribution in [0.15, 0.2) is 12.4 Å². The first-order valence-corrected chi connectivity index (χ1v) is 6.94. The lowest BCUT2D eigenvalue weighted by atomic mass is 10.2. The highest BCUT2D eigenvalue weighted by Crippen LogP contribution is 2.06. The van der Waals surface area contributed by atoms with Gasteiger partial charge in [0.1, 0.15) is 11.4 Å². The topological polar surface area (TPSA) is 68.2 Å². The highest BCUT2D eigenvalue weighted by molar-refractivity contribution is 5.67. The summed E-state index contributed by atoms with van der Waals surface area (Å²) in [6.45, 7) is 8.93. The third kappa shape index (κ3) is 6.56. The molecule has 0 bridgehead atoms. The number of carbonyl (C=O) groups is 1. The van der Waals surface area contributed by atoms with Crippen LogP contribution in [-0.2, 0) is 18.2 Å². The van der Waals surface area contributed by atoms with Crippen LogP contribution in [0.25, 0.3) is 0 Å². The zero-order chi connectivity index (χ0) is 15.2. The van der Waals surface area contributed by atoms with Crippen molar-refractivity contribution in [2.24, 2.45) is 7.05 Å². The summed E-state index contributed by atoms with van der Waals surface area (Å²) < 4.78 is 7.18. The van der Waals surface area contributed by atoms with Crippen molar-refractivity contribution in [2.75, 3.05) is 13.1 Å². The molecule has 0 aliphatic rings. The zero-order valence-electron chi connectivity index (χ0n) is 13.1. The molecule has 114 valence electrons. The van der Waals surface area contributed by atoms with E-state index >= 15 is 0 Å². The summed E-state index contributed by atoms with van der Waals surface area (Å²) in [5, 5.41) is 6.09. The van der Waals surface area contributed by atoms with E-state index < -0.39 is 5.60 Å². The van der Waals surface area contributed by atoms with Crippen LogP contribution in [0.2, 0.25) is 0 Å². The smallest absolute Gasteiger partial charge is 0.407 e. The molecule has 1 atom stereocenters. The quantitative estimate of drug-likeness (QED) is 0.829. The average molecular weight is 282 g/mol. The SMILES string of the molecule is CC(CNC(=O)OC(C)(C)C)NCCc1nccn1C. The monoisotopic (exact) mass is 282 g/mol. The van der Waals surface area contributed by atoms with Crippen molar-refractivity contribution in [1.82, 2.24) is 20.2 Å². The maximum Gasteiger partial charge on any atom is 0.407 e. The Morgan fingerprint density at radius 1 is 1.50 bits per heavy atom. The van der Waals surface area contributed by atoms with Crippen molar-refractivity contribution in [3.63, 3.8) is 0 Å². The molecule has 0 saturated heterocycles. The van der Waals surface area contributed by atoms with Crippen LogP contribution in [0.3, 0.4) is 0 Å². The Labute approximate surface area is 120 Å². The minimum absolute atomic E-state index is 0.183. The van der Waals surface area contributed by atoms with E-state index in [0.29, 0.717) is 6.54 Å². The van der Waals surface area contributed by atoms with Gasteiger partial charge in [0.15, 0.2) is 0 Å². The molecule has 1 amide bonds. The Morgan fingerprint density at radius 3 is 2.75 bits per heavy atom. The average Bonchev–Trinajstić information content (AvgIpc) is 2.70. The van der Waals surface area contributed by atoms with Crippen molar-refractivity contribution >= 4 is 6.09 Å². The molecule has 2 N–H and O–H groups in total. The molecule has 0 aliphatic heterocycles. The van der Waals surface area contributed by atoms with Crippen LogP contribution in [0, 0.1) is 0 Å². The highest BCUT2D eigenvalue weighted by Gasteiger charge is 2.16. The lowest BCUT2D eigenvalue weighted by Crippen LogP contribution is -2.41. The largest absolute Gasteiger partial charge is 0.444 e. The second-order valence-electron chi connectivity index (χ2n) is 5.94. The number of aromatic nitrogens is 2. The molecule has 6 nitrogen and oxygen atoms in total. The number of nitrogens with zero attached hydrogens (tertiary/aromatic N) is 2. The van der Waals surface area contributed by atoms with Crippen molar-refractivity contribution in [1.29, 1.82) is 0 Å². The van der Waals surface area contributed by atoms with E-state index in [2.05, 4.69) is 15.6 Å². The van der Waals surface area contributed by atoms with Gasteiger partial charge < -0.3 is 19.9 Å². The molecule has 0 fully saturated rings. The summed E-state index contributed by atoms with van der Waals surface area (Å²) in [6.07, 6.45) is 4.21. The molecule has 1 heterocycles. The van der Waals surface area contributed by atoms with Gasteiger partial charge in [-0.05, 0) is 27.7 Å². The van der Waals surface area contributed by atoms with E-state index in [4.69, 9.17) is 4.74 Å². The fourth-order valence-electron chi connectivity index (χ4n) is 1.69. The molecule has 20 heavy (non-hydrogen) atoms. The number of nitrogens with one attached hydrogen (secondary N) is 2. The predicted molar refractivity (Wildman–Crippen MR) is 78.6 cm³/mol. The summed E-state index contributed by atoms with van der Waals surface area (Å²) in [7, 11) is 1.98. The molecule has 1 aromatic heterocycles. The Balaban J connectivity index is 2.16. The van der Waals surface area contributed by atoms with Crippen molar-refractivity contribution < 1.29 is 9.53 Å². The van der Waals surface area contributed by atoms with Crippen LogP contribution < -0.4 is 10.6 Å². The first kappa shape index (κ1) is 16.5. The number of hydrogen-bond acceptors (Lipinski definition) is 4. The van der Waals surface area contributed by atoms with Crippen LogP contribution in [0.1, 0.15) is 33.5 Å². The van der Waals surface area contributed by atoms with Gasteiger partial charge in [-0.1, -0.05) is 0 Å². The Hall–Kier alpha value is -1.56. The molecular formula is C14H26N4O2. The van der Waals surface area contributed by atoms with E-state index in [1.807, 2.05) is 45.5 Å². The van der Waals surface area contributed by atoms with E-state index in [1.165, 1.54) is 0 Å². The van der Waals surface area contributed by atoms with Crippen LogP contribution in [0.4, 0.5) is 4.79 Å². The fourth-order valence-corrected chi connectivity index (χ4v) is 1.69. The number of amides is 1. The standard InChI is InChI=1S/C14H26N4O2/c1-11(10-17-13(19)20-14(2,3)4)15-7-6-12-16-8-9-18(12)5/h8-9,11,15H,6-7,10H2,1-5H3,(H,17,19). The third-order valence-electron chi connectivity index (χ3n) is 2.71. The number of ether oxygens (including phenoxy) is 1. The van der Waals surface area contributed by atoms with Gasteiger partial charge in [0.25, 0.3) is 0 Å². The van der Waals surface area contributed by atoms with Gasteiger partial charge in [0.2, 0.25) is 0 Å². The number of hydrogen-bond donors (Lipinski definition) is 2. The van der Waals surface area contributed by atoms with E-state index in [1.54, 1.807) is 6.20 Å². The molecule has 1 aromatic rings. The van der Waals surface area contributed by atoms with Crippen LogP contribution in [0.5, 0.6) is 0 Å². The second-order valence-corrected chi connectivity index (χ2v) is 5.94. The van der Waals surface area contributed by atoms with Crippen molar-refractivity contribution in [3.8, 4) is 0 Å². The molecule has 0 saturated carbocycles. The molecule has 1 unspecified atom stereocenters. The van der Waals surface area contributed by atoms with Crippen molar-refractivity contribution in [3.05, 3.63) is 18.2 Å². The van der Waals surface area contributed by atoms with Crippen LogP contribution >= 0.6 is 0 Å².